The highest BCUT2D eigenvalue weighted by Crippen LogP contribution is 2.05. The molecule has 3 rings (SSSR count). The lowest BCUT2D eigenvalue weighted by Gasteiger charge is -2.28. The molecular weight excluding hydrogens is 356 g/mol. The predicted molar refractivity (Wildman–Crippen MR) is 105 cm³/mol. The average Bonchev–Trinajstić information content (AvgIpc) is 2.74. The number of benzene rings is 1. The van der Waals surface area contributed by atoms with Crippen molar-refractivity contribution in [1.82, 2.24) is 5.32 Å². The number of aromatic nitrogens is 1. The molecule has 0 unspecified atom stereocenters. The number of nitrogens with one attached hydrogen (secondary N) is 3. The summed E-state index contributed by atoms with van der Waals surface area (Å²) in [5.41, 5.74) is 0.985. The van der Waals surface area contributed by atoms with Gasteiger partial charge >= 0.3 is 5.97 Å². The Labute approximate surface area is 165 Å². The van der Waals surface area contributed by atoms with Crippen LogP contribution in [0.5, 0.6) is 0 Å². The normalized spacial score (nSPS) is 15.7. The molecule has 7 nitrogen and oxygen atoms in total. The van der Waals surface area contributed by atoms with Gasteiger partial charge in [0, 0.05) is 12.5 Å². The number of esters is 1. The van der Waals surface area contributed by atoms with Crippen LogP contribution < -0.4 is 20.1 Å². The monoisotopic (exact) mass is 384 g/mol. The summed E-state index contributed by atoms with van der Waals surface area (Å²) >= 11 is 0. The van der Waals surface area contributed by atoms with Gasteiger partial charge in [0.2, 0.25) is 0 Å². The van der Waals surface area contributed by atoms with E-state index in [-0.39, 0.29) is 5.91 Å². The largest absolute Gasteiger partial charge is 0.467 e. The molecule has 2 heterocycles. The van der Waals surface area contributed by atoms with Crippen molar-refractivity contribution < 1.29 is 24.2 Å². The maximum Gasteiger partial charge on any atom is 0.328 e. The maximum atomic E-state index is 12.5. The summed E-state index contributed by atoms with van der Waals surface area (Å²) in [6.07, 6.45) is 2.34. The smallest absolute Gasteiger partial charge is 0.328 e. The summed E-state index contributed by atoms with van der Waals surface area (Å²) in [6.45, 7) is 3.87. The number of nitrogens with zero attached hydrogens (tertiary/aromatic N) is 1. The quantitative estimate of drug-likeness (QED) is 0.607. The van der Waals surface area contributed by atoms with E-state index in [0.717, 1.165) is 37.6 Å². The summed E-state index contributed by atoms with van der Waals surface area (Å²) in [4.78, 5) is 31.4. The number of rotatable bonds is 7. The van der Waals surface area contributed by atoms with E-state index < -0.39 is 12.0 Å². The number of anilines is 1. The fourth-order valence-electron chi connectivity index (χ4n) is 3.48. The molecule has 0 bridgehead atoms. The van der Waals surface area contributed by atoms with Gasteiger partial charge in [0.05, 0.1) is 13.3 Å². The summed E-state index contributed by atoms with van der Waals surface area (Å²) in [6, 6.07) is 15.0. The third kappa shape index (κ3) is 5.53. The number of methoxy groups -OCH3 is 1. The van der Waals surface area contributed by atoms with Gasteiger partial charge in [0.25, 0.3) is 11.7 Å². The maximum absolute atomic E-state index is 12.5. The van der Waals surface area contributed by atoms with E-state index in [1.807, 2.05) is 48.7 Å². The number of quaternary nitrogens is 1. The molecule has 1 amide bonds. The number of ether oxygens (including phenoxy) is 1. The molecule has 1 atom stereocenters. The fourth-order valence-corrected chi connectivity index (χ4v) is 3.48. The number of hydrogen-bond donors (Lipinski definition) is 2. The first-order chi connectivity index (χ1) is 13.7. The predicted octanol–water partition coefficient (Wildman–Crippen LogP) is -0.894. The van der Waals surface area contributed by atoms with Crippen molar-refractivity contribution in [3.05, 3.63) is 60.3 Å². The van der Waals surface area contributed by atoms with Crippen molar-refractivity contribution in [1.29, 1.82) is 0 Å². The zero-order valence-electron chi connectivity index (χ0n) is 16.2. The van der Waals surface area contributed by atoms with Crippen LogP contribution in [0.3, 0.4) is 0 Å². The Kier molecular flexibility index (Phi) is 6.97. The molecule has 148 valence electrons. The number of carbonyl (C=O) groups excluding carboxylic acids is 2. The van der Waals surface area contributed by atoms with Gasteiger partial charge in [-0.05, 0) is 11.6 Å². The molecule has 0 radical (unpaired) electrons. The molecular formula is C21H28N4O3+2. The van der Waals surface area contributed by atoms with Gasteiger partial charge in [-0.2, -0.15) is 0 Å². The standard InChI is InChI=1S/C21H26N4O3/c1-28-21(27)18(15-17-7-3-2-4-8-17)23-20(26)16-24-11-13-25(14-12-24)19-9-5-6-10-22-19/h2-10,18H,11-16H2,1H3,(H,23,26)/p+2/t18-/m0/s1. The number of carbonyl (C=O) groups is 2. The van der Waals surface area contributed by atoms with Crippen LogP contribution in [-0.4, -0.2) is 57.8 Å². The van der Waals surface area contributed by atoms with Crippen LogP contribution >= 0.6 is 0 Å². The topological polar surface area (TPSA) is 77.2 Å². The molecule has 1 saturated heterocycles. The van der Waals surface area contributed by atoms with Crippen LogP contribution in [-0.2, 0) is 20.7 Å². The van der Waals surface area contributed by atoms with E-state index in [0.29, 0.717) is 13.0 Å². The van der Waals surface area contributed by atoms with Crippen molar-refractivity contribution >= 4 is 17.7 Å². The van der Waals surface area contributed by atoms with Crippen LogP contribution in [0, 0.1) is 0 Å². The van der Waals surface area contributed by atoms with E-state index >= 15 is 0 Å². The molecule has 2 aromatic rings. The van der Waals surface area contributed by atoms with Crippen molar-refractivity contribution in [2.45, 2.75) is 12.5 Å². The summed E-state index contributed by atoms with van der Waals surface area (Å²) in [5, 5.41) is 2.85. The summed E-state index contributed by atoms with van der Waals surface area (Å²) in [5.74, 6) is 0.553. The first kappa shape index (κ1) is 19.8. The Bertz CT molecular complexity index is 762. The first-order valence-corrected chi connectivity index (χ1v) is 9.62. The van der Waals surface area contributed by atoms with Crippen LogP contribution in [0.15, 0.2) is 54.7 Å². The van der Waals surface area contributed by atoms with Gasteiger partial charge in [-0.15, -0.1) is 0 Å². The van der Waals surface area contributed by atoms with Crippen molar-refractivity contribution in [3.63, 3.8) is 0 Å². The van der Waals surface area contributed by atoms with Gasteiger partial charge in [-0.3, -0.25) is 9.69 Å². The molecule has 0 spiro atoms. The highest BCUT2D eigenvalue weighted by Gasteiger charge is 2.29. The fraction of sp³-hybridized carbons (Fsp3) is 0.381. The lowest BCUT2D eigenvalue weighted by atomic mass is 10.1. The van der Waals surface area contributed by atoms with E-state index in [4.69, 9.17) is 4.74 Å². The molecule has 0 saturated carbocycles. The van der Waals surface area contributed by atoms with Gasteiger partial charge in [0.1, 0.15) is 32.2 Å². The minimum Gasteiger partial charge on any atom is -0.467 e. The molecule has 1 aliphatic rings. The Morgan fingerprint density at radius 3 is 2.50 bits per heavy atom. The van der Waals surface area contributed by atoms with E-state index in [1.165, 1.54) is 12.0 Å². The molecule has 3 N–H and O–H groups in total. The molecule has 0 aliphatic carbocycles. The molecule has 1 aromatic heterocycles. The van der Waals surface area contributed by atoms with Crippen LogP contribution in [0.25, 0.3) is 0 Å². The molecule has 1 fully saturated rings. The minimum absolute atomic E-state index is 0.124. The van der Waals surface area contributed by atoms with Crippen molar-refractivity contribution in [3.8, 4) is 0 Å². The Morgan fingerprint density at radius 2 is 1.86 bits per heavy atom. The second kappa shape index (κ2) is 9.85. The summed E-state index contributed by atoms with van der Waals surface area (Å²) < 4.78 is 4.87. The second-order valence-electron chi connectivity index (χ2n) is 6.99. The molecule has 1 aliphatic heterocycles. The van der Waals surface area contributed by atoms with E-state index in [1.54, 1.807) is 0 Å². The first-order valence-electron chi connectivity index (χ1n) is 9.62. The van der Waals surface area contributed by atoms with Crippen molar-refractivity contribution in [2.75, 3.05) is 44.7 Å². The van der Waals surface area contributed by atoms with Gasteiger partial charge < -0.3 is 15.0 Å². The van der Waals surface area contributed by atoms with Crippen LogP contribution in [0.4, 0.5) is 5.82 Å². The lowest BCUT2D eigenvalue weighted by Crippen LogP contribution is -3.16. The van der Waals surface area contributed by atoms with Crippen molar-refractivity contribution in [2.24, 2.45) is 0 Å². The lowest BCUT2D eigenvalue weighted by molar-refractivity contribution is -0.892. The van der Waals surface area contributed by atoms with E-state index in [2.05, 4.69) is 21.3 Å². The Morgan fingerprint density at radius 1 is 1.14 bits per heavy atom. The third-order valence-electron chi connectivity index (χ3n) is 5.02. The van der Waals surface area contributed by atoms with E-state index in [9.17, 15) is 9.59 Å². The number of hydrogen-bond acceptors (Lipinski definition) is 4. The number of H-pyrrole nitrogens is 1. The zero-order chi connectivity index (χ0) is 19.8. The minimum atomic E-state index is -0.667. The second-order valence-corrected chi connectivity index (χ2v) is 6.99. The summed E-state index contributed by atoms with van der Waals surface area (Å²) in [7, 11) is 1.34. The molecule has 7 heteroatoms. The number of aromatic amines is 1. The van der Waals surface area contributed by atoms with Gasteiger partial charge in [-0.25, -0.2) is 9.78 Å². The number of amides is 1. The highest BCUT2D eigenvalue weighted by atomic mass is 16.5. The van der Waals surface area contributed by atoms with Gasteiger partial charge in [-0.1, -0.05) is 36.4 Å². The van der Waals surface area contributed by atoms with Crippen LogP contribution in [0.2, 0.25) is 0 Å². The molecule has 28 heavy (non-hydrogen) atoms. The average molecular weight is 384 g/mol. The number of pyridine rings is 1. The third-order valence-corrected chi connectivity index (χ3v) is 5.02. The highest BCUT2D eigenvalue weighted by molar-refractivity contribution is 5.85. The Hall–Kier alpha value is -2.93. The van der Waals surface area contributed by atoms with Gasteiger partial charge in [0.15, 0.2) is 6.54 Å². The SMILES string of the molecule is COC(=O)[C@H](Cc1ccccc1)NC(=O)C[NH+]1CCN(c2cccc[nH+]2)CC1. The molecule has 1 aromatic carbocycles. The zero-order valence-corrected chi connectivity index (χ0v) is 16.2. The van der Waals surface area contributed by atoms with Crippen LogP contribution in [0.1, 0.15) is 5.56 Å². The number of piperazine rings is 1. The Balaban J connectivity index is 1.50.